The highest BCUT2D eigenvalue weighted by Gasteiger charge is 2.44. The van der Waals surface area contributed by atoms with Crippen LogP contribution in [0.4, 0.5) is 0 Å². The molecule has 0 fully saturated rings. The largest absolute Gasteiger partial charge is 0.496 e. The van der Waals surface area contributed by atoms with Gasteiger partial charge in [0.05, 0.1) is 13.7 Å². The number of carbonyl (C=O) groups excluding carboxylic acids is 2. The Balaban J connectivity index is 2.14. The highest BCUT2D eigenvalue weighted by Crippen LogP contribution is 2.46. The third kappa shape index (κ3) is 3.30. The minimum absolute atomic E-state index is 0.0756. The van der Waals surface area contributed by atoms with Crippen LogP contribution in [0.2, 0.25) is 0 Å². The van der Waals surface area contributed by atoms with Crippen LogP contribution < -0.4 is 4.74 Å². The van der Waals surface area contributed by atoms with Gasteiger partial charge in [-0.25, -0.2) is 0 Å². The molecule has 0 aromatic heterocycles. The number of methoxy groups -OCH3 is 1. The Morgan fingerprint density at radius 3 is 2.77 bits per heavy atom. The molecular weight excluding hydrogens is 330 g/mol. The fraction of sp³-hybridized carbons (Fsp3) is 0.476. The lowest BCUT2D eigenvalue weighted by Gasteiger charge is -2.35. The van der Waals surface area contributed by atoms with Gasteiger partial charge >= 0.3 is 5.97 Å². The summed E-state index contributed by atoms with van der Waals surface area (Å²) in [5, 5.41) is 0. The Bertz CT molecular complexity index is 778. The van der Waals surface area contributed by atoms with E-state index in [-0.39, 0.29) is 11.8 Å². The van der Waals surface area contributed by atoms with Gasteiger partial charge in [-0.1, -0.05) is 25.1 Å². The molecule has 2 aliphatic rings. The molecule has 1 unspecified atom stereocenters. The molecule has 26 heavy (non-hydrogen) atoms. The molecule has 1 aliphatic carbocycles. The van der Waals surface area contributed by atoms with Crippen LogP contribution in [0.3, 0.4) is 0 Å². The smallest absolute Gasteiger partial charge is 0.315 e. The maximum Gasteiger partial charge on any atom is 0.315 e. The first-order valence-corrected chi connectivity index (χ1v) is 9.19. The van der Waals surface area contributed by atoms with Crippen molar-refractivity contribution in [3.63, 3.8) is 0 Å². The van der Waals surface area contributed by atoms with E-state index < -0.39 is 11.8 Å². The summed E-state index contributed by atoms with van der Waals surface area (Å²) in [6, 6.07) is 7.57. The molecular formula is C21H25NO4. The zero-order valence-corrected chi connectivity index (χ0v) is 15.6. The molecule has 0 N–H and O–H groups in total. The predicted molar refractivity (Wildman–Crippen MR) is 99.5 cm³/mol. The highest BCUT2D eigenvalue weighted by molar-refractivity contribution is 6.09. The van der Waals surface area contributed by atoms with Crippen LogP contribution in [-0.4, -0.2) is 31.2 Å². The Morgan fingerprint density at radius 2 is 2.04 bits per heavy atom. The molecule has 1 aromatic carbocycles. The lowest BCUT2D eigenvalue weighted by Crippen LogP contribution is -2.37. The van der Waals surface area contributed by atoms with Crippen LogP contribution in [-0.2, 0) is 14.3 Å². The van der Waals surface area contributed by atoms with Crippen LogP contribution in [0.5, 0.6) is 5.75 Å². The summed E-state index contributed by atoms with van der Waals surface area (Å²) in [5.41, 5.74) is 3.01. The quantitative estimate of drug-likeness (QED) is 0.753. The molecule has 2 atom stereocenters. The minimum Gasteiger partial charge on any atom is -0.496 e. The number of ketones is 1. The molecule has 0 bridgehead atoms. The zero-order chi connectivity index (χ0) is 18.7. The predicted octanol–water partition coefficient (Wildman–Crippen LogP) is 3.83. The van der Waals surface area contributed by atoms with E-state index in [4.69, 9.17) is 9.47 Å². The van der Waals surface area contributed by atoms with E-state index in [2.05, 4.69) is 4.99 Å². The monoisotopic (exact) mass is 355 g/mol. The van der Waals surface area contributed by atoms with Crippen molar-refractivity contribution in [3.8, 4) is 5.75 Å². The van der Waals surface area contributed by atoms with E-state index in [0.29, 0.717) is 30.1 Å². The van der Waals surface area contributed by atoms with Crippen molar-refractivity contribution < 1.29 is 19.1 Å². The second-order valence-electron chi connectivity index (χ2n) is 6.76. The summed E-state index contributed by atoms with van der Waals surface area (Å²) in [6.45, 7) is 4.17. The molecule has 3 rings (SSSR count). The van der Waals surface area contributed by atoms with Crippen LogP contribution in [0.25, 0.3) is 0 Å². The molecule has 0 radical (unpaired) electrons. The molecule has 1 aromatic rings. The molecule has 0 saturated carbocycles. The van der Waals surface area contributed by atoms with Gasteiger partial charge in [0.2, 0.25) is 0 Å². The maximum atomic E-state index is 12.9. The van der Waals surface area contributed by atoms with Gasteiger partial charge in [-0.3, -0.25) is 14.6 Å². The second-order valence-corrected chi connectivity index (χ2v) is 6.76. The Kier molecular flexibility index (Phi) is 5.55. The van der Waals surface area contributed by atoms with Crippen molar-refractivity contribution >= 4 is 17.5 Å². The number of benzene rings is 1. The standard InChI is InChI=1S/C21H25NO4/c1-4-12-26-21(24)18-13(2)22-15-9-7-10-16(23)20(15)19(18)14-8-5-6-11-17(14)25-3/h5-6,8,11,18-19H,4,7,9-10,12H2,1-3H3/t18?,19-/m0/s1. The average Bonchev–Trinajstić information content (AvgIpc) is 2.65. The SMILES string of the molecule is CCCOC(=O)C1C(C)=NC2=C(C(=O)CCC2)[C@H]1c1ccccc1OC. The molecule has 0 spiro atoms. The maximum absolute atomic E-state index is 12.9. The van der Waals surface area contributed by atoms with Gasteiger partial charge in [0.25, 0.3) is 0 Å². The number of hydrogen-bond donors (Lipinski definition) is 0. The molecule has 1 aliphatic heterocycles. The highest BCUT2D eigenvalue weighted by atomic mass is 16.5. The number of hydrogen-bond acceptors (Lipinski definition) is 5. The van der Waals surface area contributed by atoms with Gasteiger partial charge in [-0.05, 0) is 32.3 Å². The average molecular weight is 355 g/mol. The summed E-state index contributed by atoms with van der Waals surface area (Å²) in [6.07, 6.45) is 2.81. The number of ether oxygens (including phenoxy) is 2. The fourth-order valence-corrected chi connectivity index (χ4v) is 3.86. The van der Waals surface area contributed by atoms with Crippen LogP contribution in [0, 0.1) is 5.92 Å². The normalized spacial score (nSPS) is 22.6. The number of Topliss-reactive ketones (excluding diaryl/α,β-unsaturated/α-hetero) is 1. The van der Waals surface area contributed by atoms with E-state index >= 15 is 0 Å². The minimum atomic E-state index is -0.598. The van der Waals surface area contributed by atoms with Crippen molar-refractivity contribution in [3.05, 3.63) is 41.1 Å². The van der Waals surface area contributed by atoms with Gasteiger partial charge in [-0.2, -0.15) is 0 Å². The summed E-state index contributed by atoms with van der Waals surface area (Å²) < 4.78 is 11.0. The van der Waals surface area contributed by atoms with E-state index in [1.807, 2.05) is 38.1 Å². The lowest BCUT2D eigenvalue weighted by atomic mass is 9.71. The van der Waals surface area contributed by atoms with Crippen molar-refractivity contribution in [2.24, 2.45) is 10.9 Å². The lowest BCUT2D eigenvalue weighted by molar-refractivity contribution is -0.146. The fourth-order valence-electron chi connectivity index (χ4n) is 3.86. The van der Waals surface area contributed by atoms with Gasteiger partial charge in [0.15, 0.2) is 5.78 Å². The summed E-state index contributed by atoms with van der Waals surface area (Å²) in [7, 11) is 1.60. The molecule has 5 nitrogen and oxygen atoms in total. The molecule has 138 valence electrons. The van der Waals surface area contributed by atoms with Gasteiger partial charge in [-0.15, -0.1) is 0 Å². The molecule has 5 heteroatoms. The topological polar surface area (TPSA) is 65.0 Å². The summed E-state index contributed by atoms with van der Waals surface area (Å²) >= 11 is 0. The van der Waals surface area contributed by atoms with Crippen molar-refractivity contribution in [2.45, 2.75) is 45.4 Å². The van der Waals surface area contributed by atoms with E-state index in [9.17, 15) is 9.59 Å². The molecule has 1 heterocycles. The summed E-state index contributed by atoms with van der Waals surface area (Å²) in [4.78, 5) is 30.3. The number of carbonyl (C=O) groups is 2. The van der Waals surface area contributed by atoms with Gasteiger partial charge < -0.3 is 9.47 Å². The first kappa shape index (κ1) is 18.4. The Hall–Kier alpha value is -2.43. The number of nitrogens with zero attached hydrogens (tertiary/aromatic N) is 1. The first-order chi connectivity index (χ1) is 12.6. The number of esters is 1. The first-order valence-electron chi connectivity index (χ1n) is 9.19. The van der Waals surface area contributed by atoms with E-state index in [1.165, 1.54) is 0 Å². The number of aliphatic imine (C=N–C) groups is 1. The third-order valence-corrected chi connectivity index (χ3v) is 5.01. The molecule has 0 amide bonds. The number of allylic oxidation sites excluding steroid dienone is 2. The van der Waals surface area contributed by atoms with Gasteiger partial charge in [0, 0.05) is 34.9 Å². The van der Waals surface area contributed by atoms with Crippen molar-refractivity contribution in [1.29, 1.82) is 0 Å². The zero-order valence-electron chi connectivity index (χ0n) is 15.6. The molecule has 0 saturated heterocycles. The van der Waals surface area contributed by atoms with Crippen LogP contribution >= 0.6 is 0 Å². The van der Waals surface area contributed by atoms with Gasteiger partial charge in [0.1, 0.15) is 11.7 Å². The van der Waals surface area contributed by atoms with E-state index in [1.54, 1.807) is 7.11 Å². The second kappa shape index (κ2) is 7.85. The Morgan fingerprint density at radius 1 is 1.27 bits per heavy atom. The van der Waals surface area contributed by atoms with Crippen LogP contribution in [0.1, 0.15) is 51.0 Å². The summed E-state index contributed by atoms with van der Waals surface area (Å²) in [5.74, 6) is -0.583. The van der Waals surface area contributed by atoms with Crippen LogP contribution in [0.15, 0.2) is 40.5 Å². The number of rotatable bonds is 5. The van der Waals surface area contributed by atoms with Crippen molar-refractivity contribution in [1.82, 2.24) is 0 Å². The van der Waals surface area contributed by atoms with Crippen molar-refractivity contribution in [2.75, 3.05) is 13.7 Å². The van der Waals surface area contributed by atoms with E-state index in [0.717, 1.165) is 30.5 Å². The third-order valence-electron chi connectivity index (χ3n) is 5.01. The Labute approximate surface area is 154 Å². The number of para-hydroxylation sites is 1.